The van der Waals surface area contributed by atoms with Gasteiger partial charge in [-0.1, -0.05) is 129 Å². The lowest BCUT2D eigenvalue weighted by molar-refractivity contribution is -0.150. The highest BCUT2D eigenvalue weighted by atomic mass is 32.2. The molecule has 1 amide bonds. The van der Waals surface area contributed by atoms with Crippen molar-refractivity contribution in [3.8, 4) is 0 Å². The van der Waals surface area contributed by atoms with Gasteiger partial charge in [0.2, 0.25) is 5.91 Å². The number of carbonyl (C=O) groups is 1. The number of thioether (sulfide) groups is 1. The predicted molar refractivity (Wildman–Crippen MR) is 179 cm³/mol. The third-order valence-electron chi connectivity index (χ3n) is 9.22. The van der Waals surface area contributed by atoms with Crippen LogP contribution in [0.15, 0.2) is 115 Å². The van der Waals surface area contributed by atoms with Crippen LogP contribution in [-0.4, -0.2) is 47.2 Å². The SMILES string of the molecule is CC(C)c1ccc(Cn2nnnc2C2N3C(=O)C(NC(c4ccccc4)(c4ccccc4)c4ccccc4)[C@H]3SC2(C)C)cc1. The maximum Gasteiger partial charge on any atom is 0.244 e. The Labute approximate surface area is 269 Å². The molecule has 7 rings (SSSR count). The van der Waals surface area contributed by atoms with Gasteiger partial charge in [0.25, 0.3) is 0 Å². The fourth-order valence-corrected chi connectivity index (χ4v) is 8.54. The molecule has 3 atom stereocenters. The van der Waals surface area contributed by atoms with Crippen molar-refractivity contribution < 1.29 is 4.79 Å². The van der Waals surface area contributed by atoms with Gasteiger partial charge in [0.05, 0.1) is 12.1 Å². The summed E-state index contributed by atoms with van der Waals surface area (Å²) in [6.45, 7) is 9.33. The molecule has 0 aliphatic carbocycles. The van der Waals surface area contributed by atoms with Crippen LogP contribution in [0, 0.1) is 0 Å². The number of rotatable bonds is 9. The van der Waals surface area contributed by atoms with Gasteiger partial charge in [-0.25, -0.2) is 4.68 Å². The lowest BCUT2D eigenvalue weighted by Gasteiger charge is -2.49. The quantitative estimate of drug-likeness (QED) is 0.150. The number of hydrogen-bond donors (Lipinski definition) is 1. The van der Waals surface area contributed by atoms with E-state index in [0.29, 0.717) is 12.5 Å². The number of amides is 1. The molecule has 2 saturated heterocycles. The Bertz CT molecular complexity index is 1680. The minimum Gasteiger partial charge on any atom is -0.315 e. The van der Waals surface area contributed by atoms with Crippen molar-refractivity contribution in [1.29, 1.82) is 0 Å². The summed E-state index contributed by atoms with van der Waals surface area (Å²) in [5, 5.41) is 16.8. The highest BCUT2D eigenvalue weighted by molar-refractivity contribution is 8.01. The minimum atomic E-state index is -0.733. The van der Waals surface area contributed by atoms with Gasteiger partial charge in [0.1, 0.15) is 17.5 Å². The molecule has 7 nitrogen and oxygen atoms in total. The molecule has 1 aromatic heterocycles. The largest absolute Gasteiger partial charge is 0.315 e. The van der Waals surface area contributed by atoms with Gasteiger partial charge in [0, 0.05) is 4.75 Å². The van der Waals surface area contributed by atoms with Crippen molar-refractivity contribution in [3.05, 3.63) is 149 Å². The molecule has 0 saturated carbocycles. The standard InChI is InChI=1S/C37H38N6OS/c1-25(2)27-22-20-26(21-23-27)24-42-33(39-40-41-42)32-36(3,4)45-35-31(34(44)43(32)35)38-37(28-14-8-5-9-15-28,29-16-10-6-11-17-29)30-18-12-7-13-19-30/h5-23,25,31-32,35,38H,24H2,1-4H3/t31?,32?,35-/m1/s1. The molecule has 1 N–H and O–H groups in total. The van der Waals surface area contributed by atoms with Crippen molar-refractivity contribution in [3.63, 3.8) is 0 Å². The number of β-lactam (4-membered cyclic amide) rings is 1. The van der Waals surface area contributed by atoms with Gasteiger partial charge in [-0.05, 0) is 58.0 Å². The number of nitrogens with zero attached hydrogens (tertiary/aromatic N) is 5. The maximum absolute atomic E-state index is 14.4. The fourth-order valence-electron chi connectivity index (χ4n) is 6.91. The highest BCUT2D eigenvalue weighted by Crippen LogP contribution is 2.57. The van der Waals surface area contributed by atoms with E-state index in [-0.39, 0.29) is 22.1 Å². The molecule has 228 valence electrons. The van der Waals surface area contributed by atoms with Crippen molar-refractivity contribution in [1.82, 2.24) is 30.4 Å². The summed E-state index contributed by atoms with van der Waals surface area (Å²) in [7, 11) is 0. The molecule has 3 heterocycles. The topological polar surface area (TPSA) is 75.9 Å². The maximum atomic E-state index is 14.4. The highest BCUT2D eigenvalue weighted by Gasteiger charge is 2.64. The van der Waals surface area contributed by atoms with Crippen LogP contribution in [0.2, 0.25) is 0 Å². The Balaban J connectivity index is 1.23. The molecule has 0 radical (unpaired) electrons. The third-order valence-corrected chi connectivity index (χ3v) is 10.8. The van der Waals surface area contributed by atoms with E-state index in [1.54, 1.807) is 0 Å². The van der Waals surface area contributed by atoms with Gasteiger partial charge in [-0.2, -0.15) is 0 Å². The van der Waals surface area contributed by atoms with Crippen LogP contribution >= 0.6 is 11.8 Å². The Morgan fingerprint density at radius 1 is 0.822 bits per heavy atom. The average molecular weight is 615 g/mol. The van der Waals surface area contributed by atoms with Crippen molar-refractivity contribution in [2.75, 3.05) is 0 Å². The zero-order valence-electron chi connectivity index (χ0n) is 26.0. The van der Waals surface area contributed by atoms with E-state index in [1.807, 2.05) is 39.5 Å². The summed E-state index contributed by atoms with van der Waals surface area (Å²) in [5.41, 5.74) is 4.94. The first-order valence-corrected chi connectivity index (χ1v) is 16.5. The predicted octanol–water partition coefficient (Wildman–Crippen LogP) is 6.53. The number of aromatic nitrogens is 4. The van der Waals surface area contributed by atoms with E-state index >= 15 is 0 Å². The average Bonchev–Trinajstić information content (AvgIpc) is 3.61. The third kappa shape index (κ3) is 5.06. The molecule has 2 aliphatic heterocycles. The van der Waals surface area contributed by atoms with Crippen molar-refractivity contribution in [2.45, 2.75) is 67.9 Å². The second-order valence-electron chi connectivity index (χ2n) is 12.8. The van der Waals surface area contributed by atoms with Gasteiger partial charge >= 0.3 is 0 Å². The Hall–Kier alpha value is -4.27. The number of hydrogen-bond acceptors (Lipinski definition) is 6. The lowest BCUT2D eigenvalue weighted by Crippen LogP contribution is -2.70. The Morgan fingerprint density at radius 3 is 1.87 bits per heavy atom. The summed E-state index contributed by atoms with van der Waals surface area (Å²) in [4.78, 5) is 16.3. The molecule has 5 aromatic rings. The molecular weight excluding hydrogens is 577 g/mol. The molecular formula is C37H38N6OS. The first kappa shape index (κ1) is 29.4. The van der Waals surface area contributed by atoms with Crippen molar-refractivity contribution in [2.24, 2.45) is 0 Å². The summed E-state index contributed by atoms with van der Waals surface area (Å²) < 4.78 is 1.55. The smallest absolute Gasteiger partial charge is 0.244 e. The van der Waals surface area contributed by atoms with E-state index in [4.69, 9.17) is 0 Å². The number of tetrazole rings is 1. The second-order valence-corrected chi connectivity index (χ2v) is 14.6. The van der Waals surface area contributed by atoms with Gasteiger partial charge in [-0.3, -0.25) is 10.1 Å². The van der Waals surface area contributed by atoms with Crippen LogP contribution in [0.5, 0.6) is 0 Å². The molecule has 2 aliphatic rings. The molecule has 45 heavy (non-hydrogen) atoms. The van der Waals surface area contributed by atoms with Crippen LogP contribution in [-0.2, 0) is 16.9 Å². The Morgan fingerprint density at radius 2 is 1.36 bits per heavy atom. The number of fused-ring (bicyclic) bond motifs is 1. The molecule has 2 unspecified atom stereocenters. The first-order chi connectivity index (χ1) is 21.8. The first-order valence-electron chi connectivity index (χ1n) is 15.6. The summed E-state index contributed by atoms with van der Waals surface area (Å²) in [6.07, 6.45) is 0. The lowest BCUT2D eigenvalue weighted by atomic mass is 9.76. The zero-order chi connectivity index (χ0) is 31.2. The molecule has 8 heteroatoms. The van der Waals surface area contributed by atoms with E-state index in [9.17, 15) is 4.79 Å². The van der Waals surface area contributed by atoms with E-state index in [1.165, 1.54) is 5.56 Å². The number of carbonyl (C=O) groups excluding carboxylic acids is 1. The van der Waals surface area contributed by atoms with Gasteiger partial charge in [0.15, 0.2) is 5.82 Å². The van der Waals surface area contributed by atoms with Crippen LogP contribution in [0.3, 0.4) is 0 Å². The van der Waals surface area contributed by atoms with Crippen LogP contribution in [0.1, 0.15) is 73.3 Å². The summed E-state index contributed by atoms with van der Waals surface area (Å²) in [6, 6.07) is 39.3. The summed E-state index contributed by atoms with van der Waals surface area (Å²) in [5.74, 6) is 1.25. The van der Waals surface area contributed by atoms with Gasteiger partial charge < -0.3 is 4.90 Å². The molecule has 0 bridgehead atoms. The monoisotopic (exact) mass is 614 g/mol. The van der Waals surface area contributed by atoms with E-state index in [2.05, 4.69) is 146 Å². The van der Waals surface area contributed by atoms with Gasteiger partial charge in [-0.15, -0.1) is 16.9 Å². The van der Waals surface area contributed by atoms with Crippen molar-refractivity contribution >= 4 is 17.7 Å². The number of nitrogens with one attached hydrogen (secondary N) is 1. The zero-order valence-corrected chi connectivity index (χ0v) is 26.9. The molecule has 0 spiro atoms. The van der Waals surface area contributed by atoms with Crippen LogP contribution < -0.4 is 5.32 Å². The molecule has 2 fully saturated rings. The molecule has 4 aromatic carbocycles. The van der Waals surface area contributed by atoms with Crippen LogP contribution in [0.4, 0.5) is 0 Å². The van der Waals surface area contributed by atoms with E-state index in [0.717, 1.165) is 28.1 Å². The summed E-state index contributed by atoms with van der Waals surface area (Å²) >= 11 is 1.82. The Kier molecular flexibility index (Phi) is 7.58. The minimum absolute atomic E-state index is 0.0612. The normalized spacial score (nSPS) is 20.7. The second kappa shape index (κ2) is 11.6. The van der Waals surface area contributed by atoms with E-state index < -0.39 is 11.6 Å². The number of benzene rings is 4. The van der Waals surface area contributed by atoms with Crippen LogP contribution in [0.25, 0.3) is 0 Å². The fraction of sp³-hybridized carbons (Fsp3) is 0.297.